The van der Waals surface area contributed by atoms with Gasteiger partial charge >= 0.3 is 0 Å². The van der Waals surface area contributed by atoms with Crippen molar-refractivity contribution in [1.82, 2.24) is 10.2 Å². The molecule has 0 aliphatic rings. The number of ether oxygens (including phenoxy) is 1. The highest BCUT2D eigenvalue weighted by atomic mass is 35.5. The van der Waals surface area contributed by atoms with E-state index < -0.39 is 6.10 Å². The van der Waals surface area contributed by atoms with E-state index >= 15 is 0 Å². The van der Waals surface area contributed by atoms with Gasteiger partial charge in [-0.05, 0) is 50.1 Å². The van der Waals surface area contributed by atoms with Gasteiger partial charge in [-0.15, -0.1) is 10.2 Å². The van der Waals surface area contributed by atoms with Crippen molar-refractivity contribution in [2.45, 2.75) is 32.1 Å². The van der Waals surface area contributed by atoms with Crippen LogP contribution in [0.1, 0.15) is 30.0 Å². The Morgan fingerprint density at radius 1 is 1.21 bits per heavy atom. The summed E-state index contributed by atoms with van der Waals surface area (Å²) in [5.41, 5.74) is 2.84. The Balaban J connectivity index is 1.56. The smallest absolute Gasteiger partial charge is 0.277 e. The molecule has 3 rings (SSSR count). The molecule has 0 spiro atoms. The molecule has 3 aromatic rings. The van der Waals surface area contributed by atoms with E-state index in [1.54, 1.807) is 25.1 Å². The van der Waals surface area contributed by atoms with E-state index in [-0.39, 0.29) is 22.8 Å². The lowest BCUT2D eigenvalue weighted by atomic mass is 10.1. The van der Waals surface area contributed by atoms with Gasteiger partial charge in [0, 0.05) is 10.7 Å². The number of halogens is 2. The first-order chi connectivity index (χ1) is 13.8. The standard InChI is InChI=1S/C20H19Cl2N3O3S/c1-11-5-4-6-12(2)18(11)23-17(26)10-29-20-25-24-19(28-20)13(3)27-16-8-7-14(21)9-15(16)22/h4-9,13H,10H2,1-3H3,(H,23,26)/t13-/m1/s1. The zero-order chi connectivity index (χ0) is 21.0. The molecule has 0 aliphatic carbocycles. The fraction of sp³-hybridized carbons (Fsp3) is 0.250. The molecule has 1 atom stereocenters. The van der Waals surface area contributed by atoms with Gasteiger partial charge in [-0.1, -0.05) is 53.2 Å². The van der Waals surface area contributed by atoms with Crippen molar-refractivity contribution in [3.05, 3.63) is 63.5 Å². The van der Waals surface area contributed by atoms with Crippen LogP contribution in [0.3, 0.4) is 0 Å². The van der Waals surface area contributed by atoms with Crippen molar-refractivity contribution < 1.29 is 13.9 Å². The predicted molar refractivity (Wildman–Crippen MR) is 115 cm³/mol. The van der Waals surface area contributed by atoms with E-state index in [4.69, 9.17) is 32.4 Å². The molecular formula is C20H19Cl2N3O3S. The van der Waals surface area contributed by atoms with Crippen molar-refractivity contribution in [2.75, 3.05) is 11.1 Å². The van der Waals surface area contributed by atoms with Gasteiger partial charge < -0.3 is 14.5 Å². The highest BCUT2D eigenvalue weighted by Gasteiger charge is 2.18. The molecule has 9 heteroatoms. The maximum Gasteiger partial charge on any atom is 0.277 e. The molecule has 1 aromatic heterocycles. The quantitative estimate of drug-likeness (QED) is 0.452. The van der Waals surface area contributed by atoms with E-state index in [0.717, 1.165) is 28.6 Å². The second-order valence-corrected chi connectivity index (χ2v) is 8.11. The molecule has 6 nitrogen and oxygen atoms in total. The number of nitrogens with one attached hydrogen (secondary N) is 1. The summed E-state index contributed by atoms with van der Waals surface area (Å²) < 4.78 is 11.4. The average Bonchev–Trinajstić information content (AvgIpc) is 3.15. The maximum absolute atomic E-state index is 12.3. The van der Waals surface area contributed by atoms with Crippen LogP contribution in [-0.2, 0) is 4.79 Å². The van der Waals surface area contributed by atoms with Crippen LogP contribution < -0.4 is 10.1 Å². The van der Waals surface area contributed by atoms with E-state index in [2.05, 4.69) is 15.5 Å². The van der Waals surface area contributed by atoms with Crippen LogP contribution in [0.15, 0.2) is 46.0 Å². The van der Waals surface area contributed by atoms with Crippen LogP contribution in [0.2, 0.25) is 10.0 Å². The third kappa shape index (κ3) is 5.65. The number of thioether (sulfide) groups is 1. The fourth-order valence-corrected chi connectivity index (χ4v) is 3.59. The van der Waals surface area contributed by atoms with Gasteiger partial charge in [0.05, 0.1) is 10.8 Å². The van der Waals surface area contributed by atoms with E-state index in [1.807, 2.05) is 32.0 Å². The van der Waals surface area contributed by atoms with Gasteiger partial charge in [0.15, 0.2) is 6.10 Å². The molecule has 0 bridgehead atoms. The molecule has 152 valence electrons. The van der Waals surface area contributed by atoms with Crippen molar-refractivity contribution in [3.8, 4) is 5.75 Å². The Hall–Kier alpha value is -2.22. The van der Waals surface area contributed by atoms with Crippen LogP contribution in [0.4, 0.5) is 5.69 Å². The average molecular weight is 452 g/mol. The van der Waals surface area contributed by atoms with Crippen LogP contribution in [0.25, 0.3) is 0 Å². The number of carbonyl (C=O) groups excluding carboxylic acids is 1. The topological polar surface area (TPSA) is 77.2 Å². The lowest BCUT2D eigenvalue weighted by Crippen LogP contribution is -2.15. The van der Waals surface area contributed by atoms with Crippen LogP contribution >= 0.6 is 35.0 Å². The molecule has 0 unspecified atom stereocenters. The fourth-order valence-electron chi connectivity index (χ4n) is 2.57. The number of amides is 1. The Morgan fingerprint density at radius 2 is 1.93 bits per heavy atom. The summed E-state index contributed by atoms with van der Waals surface area (Å²) >= 11 is 13.2. The van der Waals surface area contributed by atoms with Gasteiger partial charge in [0.25, 0.3) is 11.1 Å². The molecular weight excluding hydrogens is 433 g/mol. The van der Waals surface area contributed by atoms with Crippen LogP contribution in [0.5, 0.6) is 5.75 Å². The minimum atomic E-state index is -0.515. The highest BCUT2D eigenvalue weighted by Crippen LogP contribution is 2.31. The van der Waals surface area contributed by atoms with E-state index in [0.29, 0.717) is 15.8 Å². The van der Waals surface area contributed by atoms with Crippen molar-refractivity contribution in [1.29, 1.82) is 0 Å². The summed E-state index contributed by atoms with van der Waals surface area (Å²) in [7, 11) is 0. The number of carbonyl (C=O) groups is 1. The first-order valence-corrected chi connectivity index (χ1v) is 10.5. The number of para-hydroxylation sites is 1. The molecule has 2 aromatic carbocycles. The lowest BCUT2D eigenvalue weighted by molar-refractivity contribution is -0.113. The lowest BCUT2D eigenvalue weighted by Gasteiger charge is -2.12. The summed E-state index contributed by atoms with van der Waals surface area (Å²) in [5, 5.41) is 12.1. The first-order valence-electron chi connectivity index (χ1n) is 8.77. The number of hydrogen-bond acceptors (Lipinski definition) is 6. The first kappa shape index (κ1) is 21.5. The third-order valence-corrected chi connectivity index (χ3v) is 5.39. The zero-order valence-electron chi connectivity index (χ0n) is 16.0. The zero-order valence-corrected chi connectivity index (χ0v) is 18.4. The number of anilines is 1. The number of rotatable bonds is 7. The SMILES string of the molecule is Cc1cccc(C)c1NC(=O)CSc1nnc([C@@H](C)Oc2ccc(Cl)cc2Cl)o1. The normalized spacial score (nSPS) is 11.9. The monoisotopic (exact) mass is 451 g/mol. The molecule has 0 fully saturated rings. The summed E-state index contributed by atoms with van der Waals surface area (Å²) in [6.07, 6.45) is -0.515. The van der Waals surface area contributed by atoms with Crippen LogP contribution in [0, 0.1) is 13.8 Å². The second kappa shape index (κ2) is 9.52. The molecule has 1 amide bonds. The molecule has 29 heavy (non-hydrogen) atoms. The predicted octanol–water partition coefficient (Wildman–Crippen LogP) is 5.86. The molecule has 0 radical (unpaired) electrons. The number of aryl methyl sites for hydroxylation is 2. The number of hydrogen-bond donors (Lipinski definition) is 1. The molecule has 1 N–H and O–H groups in total. The van der Waals surface area contributed by atoms with E-state index in [1.165, 1.54) is 0 Å². The van der Waals surface area contributed by atoms with Gasteiger partial charge in [-0.25, -0.2) is 0 Å². The minimum absolute atomic E-state index is 0.146. The Labute approximate surface area is 182 Å². The van der Waals surface area contributed by atoms with Crippen molar-refractivity contribution in [3.63, 3.8) is 0 Å². The Kier molecular flexibility index (Phi) is 7.05. The maximum atomic E-state index is 12.3. The van der Waals surface area contributed by atoms with Gasteiger partial charge in [0.1, 0.15) is 5.75 Å². The number of benzene rings is 2. The summed E-state index contributed by atoms with van der Waals surface area (Å²) in [4.78, 5) is 12.3. The van der Waals surface area contributed by atoms with Crippen LogP contribution in [-0.4, -0.2) is 21.9 Å². The number of aromatic nitrogens is 2. The molecule has 0 aliphatic heterocycles. The Bertz CT molecular complexity index is 1010. The summed E-state index contributed by atoms with van der Waals surface area (Å²) in [6.45, 7) is 5.67. The Morgan fingerprint density at radius 3 is 2.62 bits per heavy atom. The second-order valence-electron chi connectivity index (χ2n) is 6.34. The highest BCUT2D eigenvalue weighted by molar-refractivity contribution is 7.99. The van der Waals surface area contributed by atoms with Gasteiger partial charge in [-0.3, -0.25) is 4.79 Å². The number of nitrogens with zero attached hydrogens (tertiary/aromatic N) is 2. The van der Waals surface area contributed by atoms with Crippen molar-refractivity contribution >= 4 is 46.6 Å². The molecule has 0 saturated carbocycles. The summed E-state index contributed by atoms with van der Waals surface area (Å²) in [6, 6.07) is 10.8. The van der Waals surface area contributed by atoms with E-state index in [9.17, 15) is 4.79 Å². The van der Waals surface area contributed by atoms with Crippen molar-refractivity contribution in [2.24, 2.45) is 0 Å². The minimum Gasteiger partial charge on any atom is -0.479 e. The molecule has 0 saturated heterocycles. The molecule has 1 heterocycles. The van der Waals surface area contributed by atoms with Gasteiger partial charge in [0.2, 0.25) is 5.91 Å². The summed E-state index contributed by atoms with van der Waals surface area (Å²) in [5.74, 6) is 0.746. The van der Waals surface area contributed by atoms with Gasteiger partial charge in [-0.2, -0.15) is 0 Å². The third-order valence-electron chi connectivity index (χ3n) is 4.04. The largest absolute Gasteiger partial charge is 0.479 e.